The number of nitrogens with one attached hydrogen (secondary N) is 1. The van der Waals surface area contributed by atoms with Crippen molar-refractivity contribution >= 4 is 27.5 Å². The van der Waals surface area contributed by atoms with Crippen LogP contribution in [0.15, 0.2) is 29.0 Å². The maximum atomic E-state index is 12.0. The van der Waals surface area contributed by atoms with Crippen LogP contribution in [0.1, 0.15) is 23.1 Å². The second kappa shape index (κ2) is 5.83. The molecule has 100 valence electrons. The van der Waals surface area contributed by atoms with Crippen molar-refractivity contribution in [2.24, 2.45) is 0 Å². The number of amides is 1. The van der Waals surface area contributed by atoms with Crippen LogP contribution >= 0.6 is 15.9 Å². The lowest BCUT2D eigenvalue weighted by Gasteiger charge is -2.08. The lowest BCUT2D eigenvalue weighted by Crippen LogP contribution is -2.25. The zero-order valence-electron chi connectivity index (χ0n) is 10.4. The van der Waals surface area contributed by atoms with Gasteiger partial charge < -0.3 is 15.6 Å². The first-order valence-electron chi connectivity index (χ1n) is 5.81. The Hall–Kier alpha value is -1.89. The van der Waals surface area contributed by atoms with Crippen LogP contribution in [0.5, 0.6) is 0 Å². The number of nitrogen functional groups attached to an aromatic ring is 1. The molecule has 1 amide bonds. The number of benzene rings is 1. The molecule has 2 aromatic rings. The van der Waals surface area contributed by atoms with Gasteiger partial charge in [-0.2, -0.15) is 0 Å². The molecule has 6 nitrogen and oxygen atoms in total. The SMILES string of the molecule is CCn1cnnc1CNC(=O)c1cc(Br)ccc1N. The van der Waals surface area contributed by atoms with Gasteiger partial charge in [0.15, 0.2) is 5.82 Å². The van der Waals surface area contributed by atoms with Crippen LogP contribution < -0.4 is 11.1 Å². The van der Waals surface area contributed by atoms with Gasteiger partial charge in [-0.15, -0.1) is 10.2 Å². The van der Waals surface area contributed by atoms with Crippen LogP contribution in [0, 0.1) is 0 Å². The number of nitrogens with two attached hydrogens (primary N) is 1. The molecular weight excluding hydrogens is 310 g/mol. The molecule has 0 unspecified atom stereocenters. The third kappa shape index (κ3) is 3.11. The van der Waals surface area contributed by atoms with Crippen molar-refractivity contribution in [1.82, 2.24) is 20.1 Å². The highest BCUT2D eigenvalue weighted by atomic mass is 79.9. The minimum Gasteiger partial charge on any atom is -0.398 e. The summed E-state index contributed by atoms with van der Waals surface area (Å²) in [6, 6.07) is 5.17. The molecular formula is C12H14BrN5O. The molecule has 0 atom stereocenters. The lowest BCUT2D eigenvalue weighted by molar-refractivity contribution is 0.0950. The van der Waals surface area contributed by atoms with Gasteiger partial charge in [0.1, 0.15) is 6.33 Å². The maximum Gasteiger partial charge on any atom is 0.253 e. The summed E-state index contributed by atoms with van der Waals surface area (Å²) < 4.78 is 2.67. The van der Waals surface area contributed by atoms with Crippen LogP contribution in [0.2, 0.25) is 0 Å². The van der Waals surface area contributed by atoms with Gasteiger partial charge in [-0.3, -0.25) is 4.79 Å². The summed E-state index contributed by atoms with van der Waals surface area (Å²) in [5.74, 6) is 0.480. The van der Waals surface area contributed by atoms with Crippen LogP contribution in [-0.2, 0) is 13.1 Å². The Morgan fingerprint density at radius 1 is 1.53 bits per heavy atom. The van der Waals surface area contributed by atoms with Crippen LogP contribution in [0.25, 0.3) is 0 Å². The number of carbonyl (C=O) groups excluding carboxylic acids is 1. The van der Waals surface area contributed by atoms with E-state index < -0.39 is 0 Å². The van der Waals surface area contributed by atoms with Crippen LogP contribution in [0.3, 0.4) is 0 Å². The Bertz CT molecular complexity index is 596. The average Bonchev–Trinajstić information content (AvgIpc) is 2.86. The molecule has 0 fully saturated rings. The number of anilines is 1. The van der Waals surface area contributed by atoms with Crippen molar-refractivity contribution in [2.75, 3.05) is 5.73 Å². The Morgan fingerprint density at radius 3 is 3.05 bits per heavy atom. The van der Waals surface area contributed by atoms with Crippen LogP contribution in [-0.4, -0.2) is 20.7 Å². The van der Waals surface area contributed by atoms with E-state index in [-0.39, 0.29) is 5.91 Å². The quantitative estimate of drug-likeness (QED) is 0.836. The van der Waals surface area contributed by atoms with Gasteiger partial charge in [-0.05, 0) is 25.1 Å². The van der Waals surface area contributed by atoms with Gasteiger partial charge in [-0.1, -0.05) is 15.9 Å². The van der Waals surface area contributed by atoms with Gasteiger partial charge in [0.25, 0.3) is 5.91 Å². The first-order valence-corrected chi connectivity index (χ1v) is 6.61. The van der Waals surface area contributed by atoms with Gasteiger partial charge in [0.05, 0.1) is 12.1 Å². The summed E-state index contributed by atoms with van der Waals surface area (Å²) in [5, 5.41) is 10.5. The van der Waals surface area contributed by atoms with Crippen molar-refractivity contribution in [3.05, 3.63) is 40.4 Å². The molecule has 3 N–H and O–H groups in total. The Morgan fingerprint density at radius 2 is 2.32 bits per heavy atom. The molecule has 0 aliphatic heterocycles. The molecule has 2 rings (SSSR count). The van der Waals surface area contributed by atoms with E-state index in [4.69, 9.17) is 5.73 Å². The molecule has 1 heterocycles. The summed E-state index contributed by atoms with van der Waals surface area (Å²) >= 11 is 3.32. The zero-order valence-corrected chi connectivity index (χ0v) is 12.0. The lowest BCUT2D eigenvalue weighted by atomic mass is 10.1. The second-order valence-corrected chi connectivity index (χ2v) is 4.86. The fourth-order valence-corrected chi connectivity index (χ4v) is 2.02. The zero-order chi connectivity index (χ0) is 13.8. The van der Waals surface area contributed by atoms with E-state index in [0.29, 0.717) is 23.6 Å². The predicted molar refractivity (Wildman–Crippen MR) is 75.4 cm³/mol. The summed E-state index contributed by atoms with van der Waals surface area (Å²) in [6.07, 6.45) is 1.63. The number of rotatable bonds is 4. The number of aromatic nitrogens is 3. The fourth-order valence-electron chi connectivity index (χ4n) is 1.66. The molecule has 0 bridgehead atoms. The molecule has 0 aliphatic carbocycles. The van der Waals surface area contributed by atoms with E-state index in [1.807, 2.05) is 11.5 Å². The Balaban J connectivity index is 2.07. The average molecular weight is 324 g/mol. The molecule has 7 heteroatoms. The van der Waals surface area contributed by atoms with E-state index in [0.717, 1.165) is 11.0 Å². The molecule has 0 radical (unpaired) electrons. The number of carbonyl (C=O) groups is 1. The highest BCUT2D eigenvalue weighted by Crippen LogP contribution is 2.18. The fraction of sp³-hybridized carbons (Fsp3) is 0.250. The molecule has 1 aromatic heterocycles. The van der Waals surface area contributed by atoms with E-state index in [1.54, 1.807) is 24.5 Å². The van der Waals surface area contributed by atoms with Crippen LogP contribution in [0.4, 0.5) is 5.69 Å². The predicted octanol–water partition coefficient (Wildman–Crippen LogP) is 1.57. The van der Waals surface area contributed by atoms with E-state index in [1.165, 1.54) is 0 Å². The standard InChI is InChI=1S/C12H14BrN5O/c1-2-18-7-16-17-11(18)6-15-12(19)9-5-8(13)3-4-10(9)14/h3-5,7H,2,6,14H2,1H3,(H,15,19). The smallest absolute Gasteiger partial charge is 0.253 e. The summed E-state index contributed by atoms with van der Waals surface area (Å²) in [6.45, 7) is 3.07. The second-order valence-electron chi connectivity index (χ2n) is 3.95. The van der Waals surface area contributed by atoms with Crippen molar-refractivity contribution in [3.8, 4) is 0 Å². The summed E-state index contributed by atoms with van der Waals surface area (Å²) in [4.78, 5) is 12.0. The van der Waals surface area contributed by atoms with Gasteiger partial charge in [-0.25, -0.2) is 0 Å². The van der Waals surface area contributed by atoms with E-state index >= 15 is 0 Å². The molecule has 0 saturated carbocycles. The highest BCUT2D eigenvalue weighted by molar-refractivity contribution is 9.10. The van der Waals surface area contributed by atoms with Crippen molar-refractivity contribution in [2.45, 2.75) is 20.0 Å². The monoisotopic (exact) mass is 323 g/mol. The van der Waals surface area contributed by atoms with Crippen molar-refractivity contribution < 1.29 is 4.79 Å². The largest absolute Gasteiger partial charge is 0.398 e. The molecule has 1 aromatic carbocycles. The third-order valence-electron chi connectivity index (χ3n) is 2.70. The highest BCUT2D eigenvalue weighted by Gasteiger charge is 2.11. The van der Waals surface area contributed by atoms with Crippen molar-refractivity contribution in [3.63, 3.8) is 0 Å². The van der Waals surface area contributed by atoms with E-state index in [9.17, 15) is 4.79 Å². The minimum atomic E-state index is -0.232. The van der Waals surface area contributed by atoms with E-state index in [2.05, 4.69) is 31.4 Å². The number of hydrogen-bond donors (Lipinski definition) is 2. The normalized spacial score (nSPS) is 10.4. The summed E-state index contributed by atoms with van der Waals surface area (Å²) in [5.41, 5.74) is 6.66. The maximum absolute atomic E-state index is 12.0. The topological polar surface area (TPSA) is 85.8 Å². The number of aryl methyl sites for hydroxylation is 1. The number of halogens is 1. The summed E-state index contributed by atoms with van der Waals surface area (Å²) in [7, 11) is 0. The van der Waals surface area contributed by atoms with Gasteiger partial charge in [0, 0.05) is 16.7 Å². The first-order chi connectivity index (χ1) is 9.11. The Kier molecular flexibility index (Phi) is 4.16. The Labute approximate surface area is 119 Å². The minimum absolute atomic E-state index is 0.232. The van der Waals surface area contributed by atoms with Crippen molar-refractivity contribution in [1.29, 1.82) is 0 Å². The first kappa shape index (κ1) is 13.5. The third-order valence-corrected chi connectivity index (χ3v) is 3.20. The van der Waals surface area contributed by atoms with Gasteiger partial charge in [0.2, 0.25) is 0 Å². The number of nitrogens with zero attached hydrogens (tertiary/aromatic N) is 3. The molecule has 0 spiro atoms. The molecule has 19 heavy (non-hydrogen) atoms. The number of hydrogen-bond acceptors (Lipinski definition) is 4. The molecule has 0 aliphatic rings. The molecule has 0 saturated heterocycles. The van der Waals surface area contributed by atoms with Gasteiger partial charge >= 0.3 is 0 Å².